The van der Waals surface area contributed by atoms with Crippen LogP contribution in [0.15, 0.2) is 23.2 Å². The zero-order chi connectivity index (χ0) is 32.3. The van der Waals surface area contributed by atoms with Crippen molar-refractivity contribution in [3.8, 4) is 12.0 Å². The van der Waals surface area contributed by atoms with E-state index in [1.54, 1.807) is 6.92 Å². The lowest BCUT2D eigenvalue weighted by Gasteiger charge is -2.30. The van der Waals surface area contributed by atoms with E-state index in [-0.39, 0.29) is 23.9 Å². The van der Waals surface area contributed by atoms with Gasteiger partial charge >= 0.3 is 30.2 Å². The minimum Gasteiger partial charge on any atom is -0.475 e. The van der Waals surface area contributed by atoms with Crippen molar-refractivity contribution in [3.63, 3.8) is 0 Å². The Balaban J connectivity index is 0.000000522. The fourth-order valence-electron chi connectivity index (χ4n) is 3.43. The Kier molecular flexibility index (Phi) is 12.8. The topological polar surface area (TPSA) is 206 Å². The number of guanidine groups is 1. The lowest BCUT2D eigenvalue weighted by atomic mass is 9.90. The molecule has 0 aliphatic heterocycles. The number of aryl methyl sites for hydroxylation is 1. The number of amides is 1. The fourth-order valence-corrected chi connectivity index (χ4v) is 3.43. The molecule has 1 amide bonds. The second-order valence-corrected chi connectivity index (χ2v) is 8.51. The molecule has 1 aliphatic carbocycles. The van der Waals surface area contributed by atoms with Crippen LogP contribution in [-0.4, -0.2) is 68.4 Å². The zero-order valence-electron chi connectivity index (χ0n) is 22.1. The number of rotatable bonds is 4. The molecule has 0 spiro atoms. The summed E-state index contributed by atoms with van der Waals surface area (Å²) in [6, 6.07) is 8.38. The average Bonchev–Trinajstić information content (AvgIpc) is 2.87. The van der Waals surface area contributed by atoms with Gasteiger partial charge in [-0.05, 0) is 38.8 Å². The molecule has 230 valence electrons. The van der Waals surface area contributed by atoms with Crippen molar-refractivity contribution in [2.75, 3.05) is 5.32 Å². The van der Waals surface area contributed by atoms with Crippen molar-refractivity contribution in [2.45, 2.75) is 64.0 Å². The number of halogens is 6. The third-order valence-corrected chi connectivity index (χ3v) is 5.21. The number of benzene rings is 1. The van der Waals surface area contributed by atoms with Gasteiger partial charge in [0.2, 0.25) is 5.82 Å². The van der Waals surface area contributed by atoms with Crippen LogP contribution in [-0.2, 0) is 9.59 Å². The zero-order valence-corrected chi connectivity index (χ0v) is 22.1. The lowest BCUT2D eigenvalue weighted by Crippen LogP contribution is -2.38. The third kappa shape index (κ3) is 11.7. The van der Waals surface area contributed by atoms with E-state index in [2.05, 4.69) is 37.6 Å². The van der Waals surface area contributed by atoms with Crippen LogP contribution in [0.5, 0.6) is 0 Å². The highest BCUT2D eigenvalue weighted by molar-refractivity contribution is 5.97. The van der Waals surface area contributed by atoms with E-state index in [9.17, 15) is 31.1 Å². The quantitative estimate of drug-likeness (QED) is 0.0985. The number of nitrogens with one attached hydrogen (secondary N) is 2. The summed E-state index contributed by atoms with van der Waals surface area (Å²) in [4.78, 5) is 43.4. The highest BCUT2D eigenvalue weighted by Gasteiger charge is 2.38. The minimum absolute atomic E-state index is 0.0285. The molecular formula is C24H27F6N7O5. The van der Waals surface area contributed by atoms with Crippen LogP contribution >= 0.6 is 0 Å². The first-order valence-corrected chi connectivity index (χ1v) is 11.8. The van der Waals surface area contributed by atoms with Crippen LogP contribution in [0.25, 0.3) is 10.9 Å². The number of carbonyl (C=O) groups is 3. The number of alkyl halides is 6. The number of carboxylic acids is 2. The van der Waals surface area contributed by atoms with Gasteiger partial charge in [-0.25, -0.2) is 24.5 Å². The molecule has 0 radical (unpaired) electrons. The van der Waals surface area contributed by atoms with Crippen molar-refractivity contribution >= 4 is 40.5 Å². The Morgan fingerprint density at radius 1 is 1.00 bits per heavy atom. The maximum absolute atomic E-state index is 12.3. The number of nitrogens with zero attached hydrogens (tertiary/aromatic N) is 3. The number of nitrogens with two attached hydrogens (primary N) is 2. The van der Waals surface area contributed by atoms with Crippen LogP contribution in [0.4, 0.5) is 32.2 Å². The normalized spacial score (nSPS) is 16.2. The number of carbonyl (C=O) groups excluding carboxylic acids is 1. The van der Waals surface area contributed by atoms with Crippen molar-refractivity contribution < 1.29 is 50.9 Å². The number of fused-ring (bicyclic) bond motifs is 1. The summed E-state index contributed by atoms with van der Waals surface area (Å²) >= 11 is 0. The number of anilines is 1. The van der Waals surface area contributed by atoms with E-state index in [0.29, 0.717) is 11.3 Å². The largest absolute Gasteiger partial charge is 0.490 e. The molecule has 8 N–H and O–H groups in total. The first-order valence-electron chi connectivity index (χ1n) is 11.8. The van der Waals surface area contributed by atoms with Gasteiger partial charge in [-0.15, -0.1) is 0 Å². The van der Waals surface area contributed by atoms with E-state index in [1.165, 1.54) is 0 Å². The van der Waals surface area contributed by atoms with Crippen LogP contribution in [0.3, 0.4) is 0 Å². The molecule has 0 bridgehead atoms. The molecule has 1 aromatic heterocycles. The second-order valence-electron chi connectivity index (χ2n) is 8.51. The van der Waals surface area contributed by atoms with Crippen LogP contribution < -0.4 is 22.1 Å². The monoisotopic (exact) mass is 607 g/mol. The Morgan fingerprint density at radius 3 is 2.05 bits per heavy atom. The molecular weight excluding hydrogens is 580 g/mol. The SMILES string of the molecule is CC#CNC(=O)c1nc(NC2CCCCC2N=C(N)N)c2cc(C)ccc2n1.O=C(O)C(F)(F)F.O=C(O)C(F)(F)F. The summed E-state index contributed by atoms with van der Waals surface area (Å²) in [5.74, 6) is -2.58. The number of aliphatic carboxylic acids is 2. The Morgan fingerprint density at radius 2 is 1.55 bits per heavy atom. The van der Waals surface area contributed by atoms with Gasteiger partial charge < -0.3 is 27.0 Å². The van der Waals surface area contributed by atoms with Gasteiger partial charge in [-0.2, -0.15) is 26.3 Å². The van der Waals surface area contributed by atoms with Gasteiger partial charge in [0.25, 0.3) is 0 Å². The van der Waals surface area contributed by atoms with Gasteiger partial charge in [-0.1, -0.05) is 30.4 Å². The van der Waals surface area contributed by atoms with E-state index in [4.69, 9.17) is 31.3 Å². The molecule has 42 heavy (non-hydrogen) atoms. The maximum atomic E-state index is 12.3. The molecule has 1 heterocycles. The number of aliphatic imine (C=N–C) groups is 1. The molecule has 2 aromatic rings. The standard InChI is InChI=1S/C20H25N7O.2C2HF3O2/c1-3-10-23-19(28)18-24-14-9-8-12(2)11-13(14)17(27-18)25-15-6-4-5-7-16(15)26-20(21)22;2*3-2(4,5)1(6)7/h8-9,11,15-16H,4-7H2,1-2H3,(H,23,28)(H4,21,22,26)(H,24,25,27);2*(H,6,7). The molecule has 18 heteroatoms. The second kappa shape index (κ2) is 15.3. The van der Waals surface area contributed by atoms with E-state index < -0.39 is 30.2 Å². The van der Waals surface area contributed by atoms with Crippen molar-refractivity contribution in [1.29, 1.82) is 0 Å². The maximum Gasteiger partial charge on any atom is 0.490 e. The number of aromatic nitrogens is 2. The van der Waals surface area contributed by atoms with Gasteiger partial charge in [0.15, 0.2) is 5.96 Å². The van der Waals surface area contributed by atoms with Gasteiger partial charge in [-0.3, -0.25) is 10.1 Å². The summed E-state index contributed by atoms with van der Waals surface area (Å²) in [5.41, 5.74) is 13.0. The van der Waals surface area contributed by atoms with Crippen molar-refractivity contribution in [2.24, 2.45) is 16.5 Å². The summed E-state index contributed by atoms with van der Waals surface area (Å²) in [6.07, 6.45) is -6.19. The molecule has 1 saturated carbocycles. The molecule has 12 nitrogen and oxygen atoms in total. The number of carboxylic acid groups (broad SMARTS) is 2. The first-order chi connectivity index (χ1) is 19.4. The predicted molar refractivity (Wildman–Crippen MR) is 138 cm³/mol. The molecule has 2 unspecified atom stereocenters. The van der Waals surface area contributed by atoms with Crippen LogP contribution in [0.2, 0.25) is 0 Å². The Bertz CT molecular complexity index is 1340. The first kappa shape index (κ1) is 35.2. The summed E-state index contributed by atoms with van der Waals surface area (Å²) in [6.45, 7) is 3.65. The molecule has 0 saturated heterocycles. The van der Waals surface area contributed by atoms with E-state index >= 15 is 0 Å². The Hall–Kier alpha value is -4.82. The molecule has 1 aromatic carbocycles. The third-order valence-electron chi connectivity index (χ3n) is 5.21. The van der Waals surface area contributed by atoms with Crippen LogP contribution in [0, 0.1) is 18.9 Å². The van der Waals surface area contributed by atoms with Crippen molar-refractivity contribution in [1.82, 2.24) is 15.3 Å². The van der Waals surface area contributed by atoms with Crippen molar-refractivity contribution in [3.05, 3.63) is 29.6 Å². The number of hydrogen-bond acceptors (Lipinski definition) is 7. The van der Waals surface area contributed by atoms with E-state index in [1.807, 2.05) is 25.1 Å². The van der Waals surface area contributed by atoms with Crippen LogP contribution in [0.1, 0.15) is 48.8 Å². The molecule has 2 atom stereocenters. The highest BCUT2D eigenvalue weighted by Crippen LogP contribution is 2.28. The predicted octanol–water partition coefficient (Wildman–Crippen LogP) is 2.91. The summed E-state index contributed by atoms with van der Waals surface area (Å²) in [7, 11) is 0. The highest BCUT2D eigenvalue weighted by atomic mass is 19.4. The molecule has 1 fully saturated rings. The lowest BCUT2D eigenvalue weighted by molar-refractivity contribution is -0.193. The molecule has 3 rings (SSSR count). The van der Waals surface area contributed by atoms with Gasteiger partial charge in [0.1, 0.15) is 5.82 Å². The smallest absolute Gasteiger partial charge is 0.475 e. The van der Waals surface area contributed by atoms with Gasteiger partial charge in [0.05, 0.1) is 17.6 Å². The minimum atomic E-state index is -5.08. The Labute approximate surface area is 234 Å². The molecule has 1 aliphatic rings. The summed E-state index contributed by atoms with van der Waals surface area (Å²) < 4.78 is 63.5. The van der Waals surface area contributed by atoms with E-state index in [0.717, 1.165) is 36.6 Å². The average molecular weight is 608 g/mol. The van der Waals surface area contributed by atoms with Gasteiger partial charge in [0, 0.05) is 11.4 Å². The fraction of sp³-hybridized carbons (Fsp3) is 0.417. The number of hydrogen-bond donors (Lipinski definition) is 6. The summed E-state index contributed by atoms with van der Waals surface area (Å²) in [5, 5.41) is 21.1.